The van der Waals surface area contributed by atoms with Crippen molar-refractivity contribution in [1.82, 2.24) is 35.4 Å². The quantitative estimate of drug-likeness (QED) is 0.0155. The molecule has 83 heavy (non-hydrogen) atoms. The monoisotopic (exact) mass is 1310 g/mol. The van der Waals surface area contributed by atoms with Crippen molar-refractivity contribution in [3.05, 3.63) is 145 Å². The molecule has 0 atom stereocenters. The summed E-state index contributed by atoms with van der Waals surface area (Å²) in [5.74, 6) is -1.40. The van der Waals surface area contributed by atoms with Crippen LogP contribution in [0.5, 0.6) is 11.5 Å². The number of carbonyl (C=O) groups is 4. The van der Waals surface area contributed by atoms with Crippen LogP contribution in [0.15, 0.2) is 119 Å². The third-order valence-corrected chi connectivity index (χ3v) is 14.4. The van der Waals surface area contributed by atoms with E-state index in [0.29, 0.717) is 81.9 Å². The number of carbonyl (C=O) groups excluding carboxylic acids is 4. The zero-order valence-electron chi connectivity index (χ0n) is 44.4. The predicted octanol–water partition coefficient (Wildman–Crippen LogP) is 11.1. The Morgan fingerprint density at radius 2 is 1.23 bits per heavy atom. The average Bonchev–Trinajstić information content (AvgIpc) is 3.51. The molecule has 0 bridgehead atoms. The molecular weight excluding hydrogens is 1260 g/mol. The number of nitrogens with one attached hydrogen (secondary N) is 2. The van der Waals surface area contributed by atoms with Gasteiger partial charge in [0.2, 0.25) is 0 Å². The van der Waals surface area contributed by atoms with E-state index in [1.54, 1.807) is 109 Å². The number of aromatic amines is 2. The fraction of sp³-hybridized carbons (Fsp3) is 0.222. The molecule has 8 aromatic rings. The number of alkyl halides is 6. The summed E-state index contributed by atoms with van der Waals surface area (Å²) in [6, 6.07) is 29.1. The summed E-state index contributed by atoms with van der Waals surface area (Å²) in [5.41, 5.74) is 6.15. The first-order valence-electron chi connectivity index (χ1n) is 23.6. The minimum absolute atomic E-state index is 0.0440. The molecule has 0 aliphatic rings. The number of amides is 2. The van der Waals surface area contributed by atoms with Gasteiger partial charge in [0.05, 0.1) is 40.5 Å². The van der Waals surface area contributed by atoms with Crippen molar-refractivity contribution >= 4 is 95.6 Å². The molecule has 0 saturated carbocycles. The van der Waals surface area contributed by atoms with Crippen LogP contribution < -0.4 is 9.47 Å². The van der Waals surface area contributed by atoms with Crippen LogP contribution in [0, 0.1) is 15.9 Å². The summed E-state index contributed by atoms with van der Waals surface area (Å²) in [6.07, 6.45) is -4.17. The van der Waals surface area contributed by atoms with Gasteiger partial charge in [-0.05, 0) is 42.0 Å². The van der Waals surface area contributed by atoms with Gasteiger partial charge in [-0.25, -0.2) is 0 Å². The fourth-order valence-corrected chi connectivity index (χ4v) is 9.72. The molecule has 440 valence electrons. The molecule has 3 N–H and O–H groups in total. The van der Waals surface area contributed by atoms with E-state index < -0.39 is 44.9 Å². The molecular formula is C54H49Cl2F6IN8O12. The number of benzene rings is 5. The van der Waals surface area contributed by atoms with Crippen molar-refractivity contribution in [2.24, 2.45) is 5.16 Å². The van der Waals surface area contributed by atoms with Gasteiger partial charge >= 0.3 is 121 Å². The number of rotatable bonds is 16. The number of H-pyrrole nitrogens is 2. The first-order valence-corrected chi connectivity index (χ1v) is 27.2. The number of terminal acetylenes is 1. The zero-order chi connectivity index (χ0) is 61.0. The summed E-state index contributed by atoms with van der Waals surface area (Å²) in [4.78, 5) is 48.0. The van der Waals surface area contributed by atoms with Crippen molar-refractivity contribution < 1.29 is 80.3 Å². The number of hydrogen-bond acceptors (Lipinski definition) is 16. The molecule has 0 unspecified atom stereocenters. The normalized spacial score (nSPS) is 11.2. The molecule has 0 spiro atoms. The summed E-state index contributed by atoms with van der Waals surface area (Å²) in [6.45, 7) is 1.81. The zero-order valence-corrected chi connectivity index (χ0v) is 48.1. The van der Waals surface area contributed by atoms with Crippen LogP contribution in [0.4, 0.5) is 26.3 Å². The van der Waals surface area contributed by atoms with Crippen LogP contribution in [0.1, 0.15) is 32.0 Å². The Bertz CT molecular complexity index is 3510. The van der Waals surface area contributed by atoms with Crippen LogP contribution in [-0.4, -0.2) is 152 Å². The van der Waals surface area contributed by atoms with Gasteiger partial charge in [0.1, 0.15) is 41.8 Å². The molecule has 3 aromatic heterocycles. The molecule has 0 aliphatic heterocycles. The van der Waals surface area contributed by atoms with E-state index in [1.807, 2.05) is 12.1 Å². The van der Waals surface area contributed by atoms with Gasteiger partial charge in [0, 0.05) is 88.1 Å². The van der Waals surface area contributed by atoms with E-state index in [4.69, 9.17) is 58.3 Å². The molecule has 0 saturated heterocycles. The van der Waals surface area contributed by atoms with Crippen LogP contribution in [0.25, 0.3) is 44.5 Å². The second kappa shape index (κ2) is 30.6. The molecule has 5 aromatic carbocycles. The van der Waals surface area contributed by atoms with E-state index in [-0.39, 0.29) is 15.4 Å². The maximum absolute atomic E-state index is 12.1. The van der Waals surface area contributed by atoms with Gasteiger partial charge in [-0.2, -0.15) is 10.2 Å². The van der Waals surface area contributed by atoms with Gasteiger partial charge in [-0.3, -0.25) is 19.8 Å². The molecule has 20 nitrogen and oxygen atoms in total. The fourth-order valence-electron chi connectivity index (χ4n) is 6.46. The van der Waals surface area contributed by atoms with Crippen LogP contribution >= 0.6 is 43.9 Å². The molecule has 0 fully saturated rings. The van der Waals surface area contributed by atoms with Crippen LogP contribution in [-0.2, 0) is 25.2 Å². The van der Waals surface area contributed by atoms with E-state index in [9.17, 15) is 45.5 Å². The predicted molar refractivity (Wildman–Crippen MR) is 301 cm³/mol. The summed E-state index contributed by atoms with van der Waals surface area (Å²) in [5, 5.41) is 32.1. The van der Waals surface area contributed by atoms with Crippen molar-refractivity contribution in [3.63, 3.8) is 0 Å². The number of hydrogen-bond donors (Lipinski definition) is 3. The van der Waals surface area contributed by atoms with E-state index in [2.05, 4.69) is 42.8 Å². The third-order valence-electron chi connectivity index (χ3n) is 10.5. The second-order valence-corrected chi connectivity index (χ2v) is 21.0. The van der Waals surface area contributed by atoms with Crippen molar-refractivity contribution in [2.45, 2.75) is 12.4 Å². The van der Waals surface area contributed by atoms with Crippen LogP contribution in [0.3, 0.4) is 0 Å². The third kappa shape index (κ3) is 18.8. The number of aromatic nitrogens is 5. The molecule has 2 amide bonds. The number of halogens is 9. The van der Waals surface area contributed by atoms with Crippen molar-refractivity contribution in [1.29, 1.82) is 0 Å². The topological polar surface area (TPSA) is 246 Å². The van der Waals surface area contributed by atoms with E-state index >= 15 is 0 Å². The maximum atomic E-state index is 12.1. The van der Waals surface area contributed by atoms with E-state index in [1.165, 1.54) is 34.2 Å². The Kier molecular flexibility index (Phi) is 24.1. The Hall–Kier alpha value is -8.43. The minimum atomic E-state index is -5.41. The Morgan fingerprint density at radius 3 is 1.72 bits per heavy atom. The molecule has 3 heterocycles. The number of ether oxygens (including phenoxy) is 4. The van der Waals surface area contributed by atoms with Gasteiger partial charge in [0.15, 0.2) is 5.76 Å². The first-order chi connectivity index (χ1) is 39.4. The van der Waals surface area contributed by atoms with Gasteiger partial charge in [-0.1, -0.05) is 63.7 Å². The first kappa shape index (κ1) is 65.4. The molecule has 8 rings (SSSR count). The molecule has 0 aliphatic carbocycles. The van der Waals surface area contributed by atoms with Gasteiger partial charge in [-0.15, -0.1) is 6.42 Å². The number of methoxy groups -OCH3 is 2. The Balaban J connectivity index is 0.000000213. The molecule has 29 heteroatoms. The number of oxime groups is 1. The second-order valence-electron chi connectivity index (χ2n) is 16.8. The van der Waals surface area contributed by atoms with E-state index in [0.717, 1.165) is 45.1 Å². The SMILES string of the molecule is C#Cc1[nH]nc2cc(OCCOC)c(Cl)cc12.CN(C)C(=O)c1ccc(/C=N/O)cc1.COCCOc1cc2[nH]nc(-c3cc(-c4ccc(C(=O)N(C)C)cc4)no3)c2cc1Cl.O=C(OI(OC(=O)C(F)(F)F)c1ccccc1)C(F)(F)F. The number of fused-ring (bicyclic) bond motifs is 2. The van der Waals surface area contributed by atoms with Gasteiger partial charge in [0.25, 0.3) is 11.8 Å². The number of nitrogens with zero attached hydrogens (tertiary/aromatic N) is 6. The standard InChI is InChI=1S/C22H21ClN4O4.C12H11ClN2O2.C10H5F6IO4.C10H12N2O2/c1-27(2)22(28)14-6-4-13(5-7-14)17-11-20(31-26-17)21-15-10-16(23)19(30-9-8-29-3)12-18(15)24-25-21;1-3-10-8-6-9(13)12(17-5-4-16-2)7-11(8)15-14-10;11-9(12,13)7(18)20-17(6-4-2-1-3-5-6)21-8(19)10(14,15)16;1-12(2)10(13)9-5-3-8(4-6-9)7-11-14/h4-7,10-12H,8-9H2,1-3H3,(H,24,25);1,6-7H,4-5H2,2H3,(H,14,15);1-5H;3-7,14H,1-2H3/b;;;11-7+. The van der Waals surface area contributed by atoms with Crippen molar-refractivity contribution in [2.75, 3.05) is 68.8 Å². The Morgan fingerprint density at radius 1 is 0.711 bits per heavy atom. The van der Waals surface area contributed by atoms with Crippen molar-refractivity contribution in [3.8, 4) is 46.6 Å². The summed E-state index contributed by atoms with van der Waals surface area (Å²) >= 11 is 8.22. The van der Waals surface area contributed by atoms with Crippen LogP contribution in [0.2, 0.25) is 10.0 Å². The molecule has 0 radical (unpaired) electrons. The Labute approximate surface area is 486 Å². The average molecular weight is 1310 g/mol. The van der Waals surface area contributed by atoms with Gasteiger partial charge < -0.3 is 38.5 Å². The summed E-state index contributed by atoms with van der Waals surface area (Å²) < 4.78 is 107. The summed E-state index contributed by atoms with van der Waals surface area (Å²) in [7, 11) is 10.1.